The zero-order valence-electron chi connectivity index (χ0n) is 14.8. The molecule has 0 aliphatic heterocycles. The Morgan fingerprint density at radius 3 is 2.79 bits per heavy atom. The second-order valence-electron chi connectivity index (χ2n) is 6.72. The largest absolute Gasteiger partial charge is 0.478 e. The van der Waals surface area contributed by atoms with Crippen molar-refractivity contribution in [2.24, 2.45) is 13.0 Å². The number of aromatic nitrogens is 2. The number of fused-ring (bicyclic) bond motifs is 1. The van der Waals surface area contributed by atoms with Gasteiger partial charge in [-0.25, -0.2) is 9.78 Å². The Kier molecular flexibility index (Phi) is 4.22. The van der Waals surface area contributed by atoms with Gasteiger partial charge in [0.25, 0.3) is 0 Å². The van der Waals surface area contributed by atoms with E-state index in [4.69, 9.17) is 10.1 Å². The van der Waals surface area contributed by atoms with Crippen LogP contribution in [0.25, 0.3) is 17.1 Å². The molecule has 1 heterocycles. The van der Waals surface area contributed by atoms with Crippen molar-refractivity contribution in [3.63, 3.8) is 0 Å². The number of carboxylic acid groups (broad SMARTS) is 1. The predicted octanol–water partition coefficient (Wildman–Crippen LogP) is 3.08. The highest BCUT2D eigenvalue weighted by atomic mass is 16.4. The SMILES string of the molecule is CCc1cc2c(cc1/C=C/C(=O)O)nc(C1(NC)CC[C@H]1C)n2C. The van der Waals surface area contributed by atoms with Gasteiger partial charge >= 0.3 is 5.97 Å². The first-order valence-electron chi connectivity index (χ1n) is 8.52. The lowest BCUT2D eigenvalue weighted by Gasteiger charge is -2.47. The molecule has 5 nitrogen and oxygen atoms in total. The number of nitrogens with one attached hydrogen (secondary N) is 1. The van der Waals surface area contributed by atoms with Crippen molar-refractivity contribution in [1.82, 2.24) is 14.9 Å². The van der Waals surface area contributed by atoms with Crippen molar-refractivity contribution in [2.45, 2.75) is 38.6 Å². The molecule has 1 aliphatic rings. The van der Waals surface area contributed by atoms with E-state index < -0.39 is 5.97 Å². The minimum Gasteiger partial charge on any atom is -0.478 e. The van der Waals surface area contributed by atoms with Crippen LogP contribution in [-0.2, 0) is 23.8 Å². The third kappa shape index (κ3) is 2.44. The topological polar surface area (TPSA) is 67.2 Å². The smallest absolute Gasteiger partial charge is 0.328 e. The van der Waals surface area contributed by atoms with Crippen LogP contribution >= 0.6 is 0 Å². The highest BCUT2D eigenvalue weighted by Crippen LogP contribution is 2.46. The normalized spacial score (nSPS) is 23.8. The van der Waals surface area contributed by atoms with Crippen LogP contribution in [-0.4, -0.2) is 27.7 Å². The van der Waals surface area contributed by atoms with Gasteiger partial charge in [-0.3, -0.25) is 0 Å². The molecule has 0 radical (unpaired) electrons. The van der Waals surface area contributed by atoms with E-state index in [9.17, 15) is 4.79 Å². The van der Waals surface area contributed by atoms with Crippen LogP contribution in [0.3, 0.4) is 0 Å². The van der Waals surface area contributed by atoms with Gasteiger partial charge in [0.2, 0.25) is 0 Å². The fourth-order valence-electron chi connectivity index (χ4n) is 3.86. The lowest BCUT2D eigenvalue weighted by molar-refractivity contribution is -0.131. The van der Waals surface area contributed by atoms with E-state index in [2.05, 4.69) is 36.8 Å². The first-order valence-corrected chi connectivity index (χ1v) is 8.52. The quantitative estimate of drug-likeness (QED) is 0.828. The van der Waals surface area contributed by atoms with Crippen molar-refractivity contribution < 1.29 is 9.90 Å². The van der Waals surface area contributed by atoms with E-state index in [1.54, 1.807) is 6.08 Å². The van der Waals surface area contributed by atoms with Crippen LogP contribution in [0.5, 0.6) is 0 Å². The third-order valence-electron chi connectivity index (χ3n) is 5.59. The maximum atomic E-state index is 10.8. The van der Waals surface area contributed by atoms with Crippen LogP contribution in [0.1, 0.15) is 43.6 Å². The second kappa shape index (κ2) is 6.06. The Bertz CT molecular complexity index is 818. The summed E-state index contributed by atoms with van der Waals surface area (Å²) in [6.07, 6.45) is 6.00. The van der Waals surface area contributed by atoms with Gasteiger partial charge in [-0.05, 0) is 61.6 Å². The molecule has 0 bridgehead atoms. The fourth-order valence-corrected chi connectivity index (χ4v) is 3.86. The molecule has 1 unspecified atom stereocenters. The Morgan fingerprint density at radius 1 is 1.54 bits per heavy atom. The summed E-state index contributed by atoms with van der Waals surface area (Å²) in [5.41, 5.74) is 4.02. The van der Waals surface area contributed by atoms with Crippen LogP contribution in [0.2, 0.25) is 0 Å². The minimum atomic E-state index is -0.934. The number of hydrogen-bond donors (Lipinski definition) is 2. The fraction of sp³-hybridized carbons (Fsp3) is 0.474. The number of nitrogens with zero attached hydrogens (tertiary/aromatic N) is 2. The zero-order chi connectivity index (χ0) is 17.5. The molecule has 1 aliphatic carbocycles. The lowest BCUT2D eigenvalue weighted by atomic mass is 9.67. The molecule has 2 aromatic rings. The molecule has 1 fully saturated rings. The van der Waals surface area contributed by atoms with Crippen LogP contribution in [0, 0.1) is 5.92 Å². The lowest BCUT2D eigenvalue weighted by Crippen LogP contribution is -2.54. The van der Waals surface area contributed by atoms with Gasteiger partial charge in [-0.2, -0.15) is 0 Å². The summed E-state index contributed by atoms with van der Waals surface area (Å²) >= 11 is 0. The summed E-state index contributed by atoms with van der Waals surface area (Å²) in [5.74, 6) is 0.687. The summed E-state index contributed by atoms with van der Waals surface area (Å²) in [6.45, 7) is 4.34. The van der Waals surface area contributed by atoms with Crippen molar-refractivity contribution in [3.8, 4) is 0 Å². The van der Waals surface area contributed by atoms with Gasteiger partial charge in [-0.1, -0.05) is 13.8 Å². The molecule has 1 aromatic heterocycles. The number of imidazole rings is 1. The molecule has 2 atom stereocenters. The highest BCUT2D eigenvalue weighted by Gasteiger charge is 2.47. The number of rotatable bonds is 5. The third-order valence-corrected chi connectivity index (χ3v) is 5.59. The molecular formula is C19H25N3O2. The summed E-state index contributed by atoms with van der Waals surface area (Å²) in [4.78, 5) is 15.7. The number of benzene rings is 1. The number of aliphatic carboxylic acids is 1. The average molecular weight is 327 g/mol. The summed E-state index contributed by atoms with van der Waals surface area (Å²) in [7, 11) is 4.08. The Balaban J connectivity index is 2.16. The van der Waals surface area contributed by atoms with E-state index in [0.29, 0.717) is 5.92 Å². The van der Waals surface area contributed by atoms with Gasteiger partial charge in [0.05, 0.1) is 16.6 Å². The molecule has 0 amide bonds. The maximum absolute atomic E-state index is 10.8. The highest BCUT2D eigenvalue weighted by molar-refractivity contribution is 5.88. The molecule has 1 saturated carbocycles. The van der Waals surface area contributed by atoms with Gasteiger partial charge in [0.1, 0.15) is 5.82 Å². The molecule has 0 saturated heterocycles. The molecule has 3 rings (SSSR count). The summed E-state index contributed by atoms with van der Waals surface area (Å²) in [5, 5.41) is 12.4. The maximum Gasteiger partial charge on any atom is 0.328 e. The van der Waals surface area contributed by atoms with Gasteiger partial charge < -0.3 is 15.0 Å². The first kappa shape index (κ1) is 16.7. The molecule has 2 N–H and O–H groups in total. The van der Waals surface area contributed by atoms with Crippen LogP contribution in [0.15, 0.2) is 18.2 Å². The van der Waals surface area contributed by atoms with Crippen molar-refractivity contribution >= 4 is 23.1 Å². The van der Waals surface area contributed by atoms with E-state index >= 15 is 0 Å². The Hall–Kier alpha value is -2.14. The first-order chi connectivity index (χ1) is 11.4. The Morgan fingerprint density at radius 2 is 2.29 bits per heavy atom. The zero-order valence-corrected chi connectivity index (χ0v) is 14.8. The molecule has 5 heteroatoms. The van der Waals surface area contributed by atoms with Crippen molar-refractivity contribution in [3.05, 3.63) is 35.2 Å². The van der Waals surface area contributed by atoms with E-state index in [-0.39, 0.29) is 5.54 Å². The second-order valence-corrected chi connectivity index (χ2v) is 6.72. The molecule has 1 aromatic carbocycles. The monoisotopic (exact) mass is 327 g/mol. The van der Waals surface area contributed by atoms with Crippen molar-refractivity contribution in [1.29, 1.82) is 0 Å². The van der Waals surface area contributed by atoms with Crippen LogP contribution in [0.4, 0.5) is 0 Å². The summed E-state index contributed by atoms with van der Waals surface area (Å²) < 4.78 is 2.19. The van der Waals surface area contributed by atoms with E-state index in [0.717, 1.165) is 40.8 Å². The van der Waals surface area contributed by atoms with Crippen molar-refractivity contribution in [2.75, 3.05) is 7.05 Å². The van der Waals surface area contributed by atoms with Crippen LogP contribution < -0.4 is 5.32 Å². The molecule has 128 valence electrons. The number of hydrogen-bond acceptors (Lipinski definition) is 3. The predicted molar refractivity (Wildman–Crippen MR) is 95.9 cm³/mol. The average Bonchev–Trinajstić information content (AvgIpc) is 2.88. The van der Waals surface area contributed by atoms with Gasteiger partial charge in [0.15, 0.2) is 0 Å². The van der Waals surface area contributed by atoms with Gasteiger partial charge in [-0.15, -0.1) is 0 Å². The minimum absolute atomic E-state index is 0.0583. The molecular weight excluding hydrogens is 302 g/mol. The Labute approximate surface area is 142 Å². The molecule has 24 heavy (non-hydrogen) atoms. The number of aryl methyl sites for hydroxylation is 2. The number of carbonyl (C=O) groups is 1. The molecule has 0 spiro atoms. The standard InChI is InChI=1S/C19H25N3O2/c1-5-13-11-16-15(10-14(13)6-7-17(23)24)21-18(22(16)4)19(20-3)9-8-12(19)2/h6-7,10-12,20H,5,8-9H2,1-4H3,(H,23,24)/b7-6+/t12-,19?/m1/s1. The number of carboxylic acids is 1. The van der Waals surface area contributed by atoms with Gasteiger partial charge in [0, 0.05) is 13.1 Å². The van der Waals surface area contributed by atoms with E-state index in [1.807, 2.05) is 13.1 Å². The van der Waals surface area contributed by atoms with E-state index in [1.165, 1.54) is 12.5 Å². The summed E-state index contributed by atoms with van der Waals surface area (Å²) in [6, 6.07) is 4.14.